The van der Waals surface area contributed by atoms with Gasteiger partial charge in [-0.05, 0) is 27.7 Å². The first-order valence-electron chi connectivity index (χ1n) is 4.57. The van der Waals surface area contributed by atoms with Gasteiger partial charge >= 0.3 is 0 Å². The van der Waals surface area contributed by atoms with E-state index in [1.54, 1.807) is 6.33 Å². The highest BCUT2D eigenvalue weighted by Gasteiger charge is 2.17. The van der Waals surface area contributed by atoms with E-state index in [2.05, 4.69) is 23.9 Å². The van der Waals surface area contributed by atoms with Crippen LogP contribution >= 0.6 is 0 Å². The summed E-state index contributed by atoms with van der Waals surface area (Å²) in [7, 11) is 0. The highest BCUT2D eigenvalue weighted by atomic mass is 15.3. The van der Waals surface area contributed by atoms with Crippen molar-refractivity contribution < 1.29 is 0 Å². The monoisotopic (exact) mass is 182 g/mol. The SMILES string of the molecule is CC(C)n1ncnc1CC(C)(C)N. The molecular formula is C9H18N4. The van der Waals surface area contributed by atoms with Crippen LogP contribution in [0.3, 0.4) is 0 Å². The van der Waals surface area contributed by atoms with Gasteiger partial charge in [0.15, 0.2) is 0 Å². The van der Waals surface area contributed by atoms with E-state index in [0.717, 1.165) is 12.2 Å². The van der Waals surface area contributed by atoms with Crippen LogP contribution in [0.4, 0.5) is 0 Å². The minimum atomic E-state index is -0.223. The first kappa shape index (κ1) is 10.2. The molecule has 0 radical (unpaired) electrons. The molecule has 0 saturated heterocycles. The summed E-state index contributed by atoms with van der Waals surface area (Å²) in [4.78, 5) is 4.19. The number of aromatic nitrogens is 3. The van der Waals surface area contributed by atoms with Gasteiger partial charge in [0, 0.05) is 18.0 Å². The second-order valence-corrected chi connectivity index (χ2v) is 4.38. The summed E-state index contributed by atoms with van der Waals surface area (Å²) in [5.74, 6) is 0.961. The molecule has 0 unspecified atom stereocenters. The van der Waals surface area contributed by atoms with Crippen LogP contribution in [0.5, 0.6) is 0 Å². The van der Waals surface area contributed by atoms with Gasteiger partial charge in [0.05, 0.1) is 0 Å². The van der Waals surface area contributed by atoms with E-state index in [-0.39, 0.29) is 5.54 Å². The average Bonchev–Trinajstić information content (AvgIpc) is 2.31. The van der Waals surface area contributed by atoms with Crippen LogP contribution in [0, 0.1) is 0 Å². The molecule has 0 atom stereocenters. The number of hydrogen-bond donors (Lipinski definition) is 1. The predicted molar refractivity (Wildman–Crippen MR) is 52.4 cm³/mol. The third-order valence-corrected chi connectivity index (χ3v) is 1.75. The number of nitrogens with two attached hydrogens (primary N) is 1. The van der Waals surface area contributed by atoms with Crippen molar-refractivity contribution in [3.05, 3.63) is 12.2 Å². The minimum Gasteiger partial charge on any atom is -0.325 e. The lowest BCUT2D eigenvalue weighted by Gasteiger charge is -2.18. The molecule has 0 aliphatic rings. The number of rotatable bonds is 3. The van der Waals surface area contributed by atoms with E-state index in [0.29, 0.717) is 6.04 Å². The fourth-order valence-corrected chi connectivity index (χ4v) is 1.24. The molecule has 0 bridgehead atoms. The fourth-order valence-electron chi connectivity index (χ4n) is 1.24. The van der Waals surface area contributed by atoms with Crippen molar-refractivity contribution in [2.75, 3.05) is 0 Å². The Morgan fingerprint density at radius 2 is 2.15 bits per heavy atom. The second kappa shape index (κ2) is 3.46. The van der Waals surface area contributed by atoms with E-state index >= 15 is 0 Å². The lowest BCUT2D eigenvalue weighted by Crippen LogP contribution is -2.35. The lowest BCUT2D eigenvalue weighted by atomic mass is 10.0. The van der Waals surface area contributed by atoms with Gasteiger partial charge in [-0.1, -0.05) is 0 Å². The molecule has 1 heterocycles. The summed E-state index contributed by atoms with van der Waals surface area (Å²) in [5.41, 5.74) is 5.69. The molecule has 0 spiro atoms. The number of nitrogens with zero attached hydrogens (tertiary/aromatic N) is 3. The molecule has 0 aliphatic carbocycles. The third kappa shape index (κ3) is 2.81. The predicted octanol–water partition coefficient (Wildman–Crippen LogP) is 1.14. The zero-order valence-electron chi connectivity index (χ0n) is 8.78. The zero-order chi connectivity index (χ0) is 10.1. The Morgan fingerprint density at radius 1 is 1.54 bits per heavy atom. The lowest BCUT2D eigenvalue weighted by molar-refractivity contribution is 0.447. The van der Waals surface area contributed by atoms with E-state index in [9.17, 15) is 0 Å². The molecule has 0 saturated carbocycles. The van der Waals surface area contributed by atoms with Crippen molar-refractivity contribution in [1.29, 1.82) is 0 Å². The van der Waals surface area contributed by atoms with Crippen LogP contribution < -0.4 is 5.73 Å². The molecule has 0 fully saturated rings. The minimum absolute atomic E-state index is 0.223. The van der Waals surface area contributed by atoms with Crippen LogP contribution in [0.25, 0.3) is 0 Å². The molecule has 2 N–H and O–H groups in total. The Hall–Kier alpha value is -0.900. The Labute approximate surface area is 79.2 Å². The quantitative estimate of drug-likeness (QED) is 0.762. The van der Waals surface area contributed by atoms with Crippen LogP contribution in [0.2, 0.25) is 0 Å². The molecule has 1 aromatic rings. The molecule has 74 valence electrons. The molecule has 4 nitrogen and oxygen atoms in total. The topological polar surface area (TPSA) is 56.7 Å². The first-order chi connectivity index (χ1) is 5.90. The Kier molecular flexibility index (Phi) is 2.71. The normalized spacial score (nSPS) is 12.5. The second-order valence-electron chi connectivity index (χ2n) is 4.38. The van der Waals surface area contributed by atoms with Crippen molar-refractivity contribution in [3.8, 4) is 0 Å². The van der Waals surface area contributed by atoms with E-state index in [1.807, 2.05) is 18.5 Å². The average molecular weight is 182 g/mol. The molecule has 13 heavy (non-hydrogen) atoms. The Bertz CT molecular complexity index is 269. The van der Waals surface area contributed by atoms with Crippen molar-refractivity contribution >= 4 is 0 Å². The summed E-state index contributed by atoms with van der Waals surface area (Å²) in [6, 6.07) is 0.347. The molecule has 1 rings (SSSR count). The third-order valence-electron chi connectivity index (χ3n) is 1.75. The van der Waals surface area contributed by atoms with Gasteiger partial charge in [-0.2, -0.15) is 5.10 Å². The first-order valence-corrected chi connectivity index (χ1v) is 4.57. The molecular weight excluding hydrogens is 164 g/mol. The maximum atomic E-state index is 5.91. The van der Waals surface area contributed by atoms with Gasteiger partial charge in [-0.25, -0.2) is 9.67 Å². The summed E-state index contributed by atoms with van der Waals surface area (Å²) < 4.78 is 1.91. The summed E-state index contributed by atoms with van der Waals surface area (Å²) in [6.07, 6.45) is 2.34. The van der Waals surface area contributed by atoms with Gasteiger partial charge < -0.3 is 5.73 Å². The van der Waals surface area contributed by atoms with Crippen LogP contribution in [0.15, 0.2) is 6.33 Å². The zero-order valence-corrected chi connectivity index (χ0v) is 8.78. The standard InChI is InChI=1S/C9H18N4/c1-7(2)13-8(11-6-12-13)5-9(3,4)10/h6-7H,5,10H2,1-4H3. The molecule has 4 heteroatoms. The van der Waals surface area contributed by atoms with Crippen LogP contribution in [-0.2, 0) is 6.42 Å². The fraction of sp³-hybridized carbons (Fsp3) is 0.778. The van der Waals surface area contributed by atoms with Gasteiger partial charge in [0.25, 0.3) is 0 Å². The van der Waals surface area contributed by atoms with E-state index in [4.69, 9.17) is 5.73 Å². The maximum absolute atomic E-state index is 5.91. The smallest absolute Gasteiger partial charge is 0.138 e. The summed E-state index contributed by atoms with van der Waals surface area (Å²) in [6.45, 7) is 8.15. The van der Waals surface area contributed by atoms with Crippen molar-refractivity contribution in [2.45, 2.75) is 45.7 Å². The summed E-state index contributed by atoms with van der Waals surface area (Å²) >= 11 is 0. The highest BCUT2D eigenvalue weighted by molar-refractivity contribution is 4.94. The largest absolute Gasteiger partial charge is 0.325 e. The van der Waals surface area contributed by atoms with Crippen molar-refractivity contribution in [3.63, 3.8) is 0 Å². The highest BCUT2D eigenvalue weighted by Crippen LogP contribution is 2.11. The Balaban J connectivity index is 2.83. The van der Waals surface area contributed by atoms with Gasteiger partial charge in [0.2, 0.25) is 0 Å². The van der Waals surface area contributed by atoms with E-state index < -0.39 is 0 Å². The van der Waals surface area contributed by atoms with Gasteiger partial charge in [-0.3, -0.25) is 0 Å². The van der Waals surface area contributed by atoms with Crippen LogP contribution in [0.1, 0.15) is 39.6 Å². The van der Waals surface area contributed by atoms with Crippen molar-refractivity contribution in [1.82, 2.24) is 14.8 Å². The van der Waals surface area contributed by atoms with Crippen LogP contribution in [-0.4, -0.2) is 20.3 Å². The van der Waals surface area contributed by atoms with Gasteiger partial charge in [-0.15, -0.1) is 0 Å². The molecule has 1 aromatic heterocycles. The van der Waals surface area contributed by atoms with Crippen molar-refractivity contribution in [2.24, 2.45) is 5.73 Å². The maximum Gasteiger partial charge on any atom is 0.138 e. The molecule has 0 aromatic carbocycles. The Morgan fingerprint density at radius 3 is 2.62 bits per heavy atom. The molecule has 0 amide bonds. The summed E-state index contributed by atoms with van der Waals surface area (Å²) in [5, 5.41) is 4.15. The number of hydrogen-bond acceptors (Lipinski definition) is 3. The molecule has 0 aliphatic heterocycles. The van der Waals surface area contributed by atoms with Gasteiger partial charge in [0.1, 0.15) is 12.2 Å². The van der Waals surface area contributed by atoms with E-state index in [1.165, 1.54) is 0 Å².